The quantitative estimate of drug-likeness (QED) is 0.835. The van der Waals surface area contributed by atoms with E-state index in [0.717, 1.165) is 24.0 Å². The number of hydrogen-bond acceptors (Lipinski definition) is 2. The van der Waals surface area contributed by atoms with Crippen molar-refractivity contribution in [3.05, 3.63) is 58.9 Å². The molecule has 1 N–H and O–H groups in total. The molecule has 0 aliphatic carbocycles. The zero-order valence-corrected chi connectivity index (χ0v) is 16.1. The van der Waals surface area contributed by atoms with Crippen LogP contribution >= 0.6 is 0 Å². The van der Waals surface area contributed by atoms with Crippen LogP contribution in [-0.4, -0.2) is 34.7 Å². The van der Waals surface area contributed by atoms with E-state index >= 15 is 0 Å². The number of aromatic amines is 1. The summed E-state index contributed by atoms with van der Waals surface area (Å²) in [7, 11) is 0. The molecule has 1 aliphatic heterocycles. The van der Waals surface area contributed by atoms with E-state index in [0.29, 0.717) is 18.8 Å². The van der Waals surface area contributed by atoms with Crippen LogP contribution in [0, 0.1) is 12.8 Å². The molecule has 0 unspecified atom stereocenters. The summed E-state index contributed by atoms with van der Waals surface area (Å²) in [4.78, 5) is 30.4. The third kappa shape index (κ3) is 3.90. The van der Waals surface area contributed by atoms with Gasteiger partial charge in [0.2, 0.25) is 0 Å². The van der Waals surface area contributed by atoms with Crippen molar-refractivity contribution in [1.29, 1.82) is 0 Å². The number of aryl methyl sites for hydroxylation is 1. The van der Waals surface area contributed by atoms with Gasteiger partial charge in [-0.05, 0) is 42.4 Å². The molecule has 1 saturated heterocycles. The Balaban J connectivity index is 1.71. The van der Waals surface area contributed by atoms with Gasteiger partial charge < -0.3 is 9.88 Å². The van der Waals surface area contributed by atoms with Crippen molar-refractivity contribution < 1.29 is 9.59 Å². The van der Waals surface area contributed by atoms with Crippen molar-refractivity contribution in [2.24, 2.45) is 5.92 Å². The summed E-state index contributed by atoms with van der Waals surface area (Å²) in [5.41, 5.74) is 3.68. The molecule has 1 atom stereocenters. The SMILES string of the molecule is Cc1c[nH]c(C(=O)N2CCC[C@@H](C(=O)c3ccc(C(C)(C)C)cc3)C2)c1. The van der Waals surface area contributed by atoms with Gasteiger partial charge in [-0.25, -0.2) is 0 Å². The van der Waals surface area contributed by atoms with Crippen molar-refractivity contribution in [3.8, 4) is 0 Å². The number of carbonyl (C=O) groups excluding carboxylic acids is 2. The third-order valence-corrected chi connectivity index (χ3v) is 5.17. The van der Waals surface area contributed by atoms with Crippen LogP contribution in [0.15, 0.2) is 36.5 Å². The highest BCUT2D eigenvalue weighted by Crippen LogP contribution is 2.25. The summed E-state index contributed by atoms with van der Waals surface area (Å²) in [6, 6.07) is 9.80. The van der Waals surface area contributed by atoms with E-state index in [1.165, 1.54) is 5.56 Å². The second-order valence-electron chi connectivity index (χ2n) is 8.37. The monoisotopic (exact) mass is 352 g/mol. The van der Waals surface area contributed by atoms with Crippen molar-refractivity contribution in [3.63, 3.8) is 0 Å². The molecule has 4 nitrogen and oxygen atoms in total. The number of amides is 1. The molecule has 26 heavy (non-hydrogen) atoms. The summed E-state index contributed by atoms with van der Waals surface area (Å²) in [5, 5.41) is 0. The zero-order chi connectivity index (χ0) is 18.9. The minimum absolute atomic E-state index is 0.0151. The van der Waals surface area contributed by atoms with Crippen LogP contribution in [0.5, 0.6) is 0 Å². The Morgan fingerprint density at radius 2 is 1.85 bits per heavy atom. The van der Waals surface area contributed by atoms with Gasteiger partial charge in [0.05, 0.1) is 0 Å². The number of benzene rings is 1. The largest absolute Gasteiger partial charge is 0.357 e. The van der Waals surface area contributed by atoms with E-state index in [1.54, 1.807) is 4.90 Å². The standard InChI is InChI=1S/C22H28N2O2/c1-15-12-19(23-13-15)21(26)24-11-5-6-17(14-24)20(25)16-7-9-18(10-8-16)22(2,3)4/h7-10,12-13,17,23H,5-6,11,14H2,1-4H3/t17-/m1/s1. The average molecular weight is 352 g/mol. The molecule has 138 valence electrons. The molecule has 1 aromatic carbocycles. The first-order chi connectivity index (χ1) is 12.3. The number of rotatable bonds is 3. The van der Waals surface area contributed by atoms with E-state index in [2.05, 4.69) is 25.8 Å². The fourth-order valence-electron chi connectivity index (χ4n) is 3.54. The molecule has 1 aromatic heterocycles. The lowest BCUT2D eigenvalue weighted by Gasteiger charge is -2.32. The van der Waals surface area contributed by atoms with Gasteiger partial charge in [0, 0.05) is 30.8 Å². The molecule has 3 rings (SSSR count). The lowest BCUT2D eigenvalue weighted by molar-refractivity contribution is 0.0632. The Morgan fingerprint density at radius 1 is 1.15 bits per heavy atom. The summed E-state index contributed by atoms with van der Waals surface area (Å²) in [5.74, 6) is 0.00792. The Labute approximate surface area is 155 Å². The van der Waals surface area contributed by atoms with Gasteiger partial charge in [-0.3, -0.25) is 9.59 Å². The summed E-state index contributed by atoms with van der Waals surface area (Å²) >= 11 is 0. The van der Waals surface area contributed by atoms with Crippen LogP contribution in [0.4, 0.5) is 0 Å². The molecule has 0 bridgehead atoms. The minimum atomic E-state index is -0.121. The topological polar surface area (TPSA) is 53.2 Å². The van der Waals surface area contributed by atoms with Gasteiger partial charge >= 0.3 is 0 Å². The van der Waals surface area contributed by atoms with E-state index in [-0.39, 0.29) is 23.0 Å². The first-order valence-electron chi connectivity index (χ1n) is 9.35. The number of piperidine rings is 1. The van der Waals surface area contributed by atoms with E-state index in [1.807, 2.05) is 43.5 Å². The number of nitrogens with zero attached hydrogens (tertiary/aromatic N) is 1. The molecule has 0 spiro atoms. The van der Waals surface area contributed by atoms with Gasteiger partial charge in [-0.2, -0.15) is 0 Å². The highest BCUT2D eigenvalue weighted by atomic mass is 16.2. The maximum absolute atomic E-state index is 12.9. The molecule has 1 fully saturated rings. The smallest absolute Gasteiger partial charge is 0.270 e. The predicted octanol–water partition coefficient (Wildman–Crippen LogP) is 4.36. The van der Waals surface area contributed by atoms with Crippen molar-refractivity contribution in [2.75, 3.05) is 13.1 Å². The molecule has 2 aromatic rings. The predicted molar refractivity (Wildman–Crippen MR) is 104 cm³/mol. The van der Waals surface area contributed by atoms with Gasteiger partial charge in [-0.15, -0.1) is 0 Å². The lowest BCUT2D eigenvalue weighted by atomic mass is 9.85. The van der Waals surface area contributed by atoms with Gasteiger partial charge in [0.15, 0.2) is 5.78 Å². The van der Waals surface area contributed by atoms with Crippen molar-refractivity contribution >= 4 is 11.7 Å². The summed E-state index contributed by atoms with van der Waals surface area (Å²) < 4.78 is 0. The van der Waals surface area contributed by atoms with Crippen LogP contribution in [0.25, 0.3) is 0 Å². The number of nitrogens with one attached hydrogen (secondary N) is 1. The zero-order valence-electron chi connectivity index (χ0n) is 16.1. The number of Topliss-reactive ketones (excluding diaryl/α,β-unsaturated/α-hetero) is 1. The first kappa shape index (κ1) is 18.4. The second kappa shape index (κ2) is 7.10. The second-order valence-corrected chi connectivity index (χ2v) is 8.37. The molecule has 4 heteroatoms. The molecule has 1 aliphatic rings. The molecule has 0 radical (unpaired) electrons. The van der Waals surface area contributed by atoms with Crippen LogP contribution < -0.4 is 0 Å². The van der Waals surface area contributed by atoms with Crippen LogP contribution in [-0.2, 0) is 5.41 Å². The van der Waals surface area contributed by atoms with E-state index in [4.69, 9.17) is 0 Å². The lowest BCUT2D eigenvalue weighted by Crippen LogP contribution is -2.42. The Morgan fingerprint density at radius 3 is 2.42 bits per heavy atom. The maximum atomic E-state index is 12.9. The van der Waals surface area contributed by atoms with Crippen LogP contribution in [0.3, 0.4) is 0 Å². The molecular formula is C22H28N2O2. The Kier molecular flexibility index (Phi) is 5.03. The van der Waals surface area contributed by atoms with Crippen LogP contribution in [0.1, 0.15) is 65.6 Å². The van der Waals surface area contributed by atoms with Gasteiger partial charge in [0.1, 0.15) is 5.69 Å². The number of hydrogen-bond donors (Lipinski definition) is 1. The summed E-state index contributed by atoms with van der Waals surface area (Å²) in [6.45, 7) is 9.65. The highest BCUT2D eigenvalue weighted by Gasteiger charge is 2.30. The highest BCUT2D eigenvalue weighted by molar-refractivity contribution is 5.99. The fourth-order valence-corrected chi connectivity index (χ4v) is 3.54. The maximum Gasteiger partial charge on any atom is 0.270 e. The van der Waals surface area contributed by atoms with Crippen LogP contribution in [0.2, 0.25) is 0 Å². The van der Waals surface area contributed by atoms with Crippen molar-refractivity contribution in [2.45, 2.75) is 46.0 Å². The molecule has 0 saturated carbocycles. The average Bonchev–Trinajstić information content (AvgIpc) is 3.06. The molecule has 2 heterocycles. The van der Waals surface area contributed by atoms with E-state index in [9.17, 15) is 9.59 Å². The minimum Gasteiger partial charge on any atom is -0.357 e. The fraction of sp³-hybridized carbons (Fsp3) is 0.455. The number of ketones is 1. The van der Waals surface area contributed by atoms with Gasteiger partial charge in [-0.1, -0.05) is 45.0 Å². The van der Waals surface area contributed by atoms with Gasteiger partial charge in [0.25, 0.3) is 5.91 Å². The Bertz CT molecular complexity index is 796. The molecular weight excluding hydrogens is 324 g/mol. The number of aromatic nitrogens is 1. The number of H-pyrrole nitrogens is 1. The first-order valence-corrected chi connectivity index (χ1v) is 9.35. The summed E-state index contributed by atoms with van der Waals surface area (Å²) in [6.07, 6.45) is 3.53. The number of likely N-dealkylation sites (tertiary alicyclic amines) is 1. The number of carbonyl (C=O) groups is 2. The Hall–Kier alpha value is -2.36. The van der Waals surface area contributed by atoms with Crippen molar-refractivity contribution in [1.82, 2.24) is 9.88 Å². The third-order valence-electron chi connectivity index (χ3n) is 5.17. The molecule has 1 amide bonds. The normalized spacial score (nSPS) is 18.0. The van der Waals surface area contributed by atoms with E-state index < -0.39 is 0 Å².